The summed E-state index contributed by atoms with van der Waals surface area (Å²) < 4.78 is 28.2. The molecule has 0 bridgehead atoms. The van der Waals surface area contributed by atoms with E-state index in [9.17, 15) is 13.2 Å². The molecule has 0 spiro atoms. The Labute approximate surface area is 185 Å². The summed E-state index contributed by atoms with van der Waals surface area (Å²) in [4.78, 5) is 13.4. The fourth-order valence-electron chi connectivity index (χ4n) is 3.25. The van der Waals surface area contributed by atoms with Crippen LogP contribution in [0.5, 0.6) is 0 Å². The normalized spacial score (nSPS) is 17.3. The third-order valence-corrected chi connectivity index (χ3v) is 6.93. The van der Waals surface area contributed by atoms with E-state index in [2.05, 4.69) is 14.9 Å². The number of nitrogens with one attached hydrogen (secondary N) is 2. The van der Waals surface area contributed by atoms with Gasteiger partial charge < -0.3 is 5.32 Å². The number of anilines is 1. The average Bonchev–Trinajstić information content (AvgIpc) is 3.05. The molecule has 0 aromatic heterocycles. The van der Waals surface area contributed by atoms with E-state index in [0.717, 1.165) is 18.5 Å². The van der Waals surface area contributed by atoms with Crippen molar-refractivity contribution in [1.29, 1.82) is 0 Å². The maximum Gasteiger partial charge on any atom is 0.261 e. The Morgan fingerprint density at radius 3 is 2.59 bits per heavy atom. The molecule has 1 atom stereocenters. The minimum Gasteiger partial charge on any atom is -0.352 e. The van der Waals surface area contributed by atoms with Gasteiger partial charge in [-0.05, 0) is 42.3 Å². The lowest BCUT2D eigenvalue weighted by Crippen LogP contribution is -2.35. The van der Waals surface area contributed by atoms with Crippen molar-refractivity contribution in [3.05, 3.63) is 57.0 Å². The first kappa shape index (κ1) is 22.2. The highest BCUT2D eigenvalue weighted by molar-refractivity contribution is 7.92. The molecule has 156 valence electrons. The number of hydrogen-bond donors (Lipinski definition) is 2. The van der Waals surface area contributed by atoms with Crippen LogP contribution >= 0.6 is 34.8 Å². The number of amides is 1. The lowest BCUT2D eigenvalue weighted by molar-refractivity contribution is -0.119. The van der Waals surface area contributed by atoms with Crippen molar-refractivity contribution in [2.75, 3.05) is 17.8 Å². The second-order valence-electron chi connectivity index (χ2n) is 6.90. The topological polar surface area (TPSA) is 78.5 Å². The summed E-state index contributed by atoms with van der Waals surface area (Å²) in [6.45, 7) is 3.51. The third-order valence-electron chi connectivity index (χ3n) is 4.59. The van der Waals surface area contributed by atoms with Gasteiger partial charge in [-0.1, -0.05) is 40.9 Å². The molecular formula is C19H20Cl3N3O3S. The number of rotatable bonds is 6. The highest BCUT2D eigenvalue weighted by atomic mass is 35.5. The zero-order chi connectivity index (χ0) is 21.2. The lowest BCUT2D eigenvalue weighted by atomic mass is 10.1. The van der Waals surface area contributed by atoms with E-state index >= 15 is 0 Å². The SMILES string of the molecule is CC(=O)NC1CCN(Cc2ccc(Cl)cc2NS(=O)(=O)c2ccc(Cl)c(Cl)c2)C1. The van der Waals surface area contributed by atoms with Gasteiger partial charge in [-0.2, -0.15) is 0 Å². The van der Waals surface area contributed by atoms with Crippen LogP contribution in [0.25, 0.3) is 0 Å². The van der Waals surface area contributed by atoms with E-state index in [0.29, 0.717) is 23.8 Å². The van der Waals surface area contributed by atoms with E-state index in [1.54, 1.807) is 18.2 Å². The summed E-state index contributed by atoms with van der Waals surface area (Å²) in [5.74, 6) is -0.0570. The van der Waals surface area contributed by atoms with Crippen LogP contribution in [-0.2, 0) is 21.4 Å². The van der Waals surface area contributed by atoms with Crippen LogP contribution in [0.3, 0.4) is 0 Å². The molecule has 0 saturated carbocycles. The maximum absolute atomic E-state index is 12.8. The smallest absolute Gasteiger partial charge is 0.261 e. The zero-order valence-corrected chi connectivity index (χ0v) is 18.7. The summed E-state index contributed by atoms with van der Waals surface area (Å²) in [5, 5.41) is 3.76. The summed E-state index contributed by atoms with van der Waals surface area (Å²) in [7, 11) is -3.88. The number of likely N-dealkylation sites (tertiary alicyclic amines) is 1. The molecule has 1 fully saturated rings. The molecule has 0 aliphatic carbocycles. The average molecular weight is 477 g/mol. The van der Waals surface area contributed by atoms with Crippen molar-refractivity contribution in [3.63, 3.8) is 0 Å². The molecule has 1 amide bonds. The van der Waals surface area contributed by atoms with Crippen LogP contribution in [0.4, 0.5) is 5.69 Å². The van der Waals surface area contributed by atoms with Crippen molar-refractivity contribution in [1.82, 2.24) is 10.2 Å². The summed E-state index contributed by atoms with van der Waals surface area (Å²) in [6.07, 6.45) is 0.845. The maximum atomic E-state index is 12.8. The molecule has 1 saturated heterocycles. The van der Waals surface area contributed by atoms with E-state index in [4.69, 9.17) is 34.8 Å². The molecule has 1 aliphatic rings. The number of nitrogens with zero attached hydrogens (tertiary/aromatic N) is 1. The second kappa shape index (κ2) is 9.10. The third kappa shape index (κ3) is 5.77. The fraction of sp³-hybridized carbons (Fsp3) is 0.316. The number of hydrogen-bond acceptors (Lipinski definition) is 4. The van der Waals surface area contributed by atoms with Gasteiger partial charge in [0.15, 0.2) is 0 Å². The van der Waals surface area contributed by atoms with Gasteiger partial charge in [-0.15, -0.1) is 0 Å². The molecule has 2 N–H and O–H groups in total. The first-order valence-corrected chi connectivity index (χ1v) is 11.5. The first-order valence-electron chi connectivity index (χ1n) is 8.90. The summed E-state index contributed by atoms with van der Waals surface area (Å²) in [6, 6.07) is 9.30. The number of halogens is 3. The van der Waals surface area contributed by atoms with Crippen LogP contribution < -0.4 is 10.0 Å². The van der Waals surface area contributed by atoms with Gasteiger partial charge in [0.25, 0.3) is 10.0 Å². The Balaban J connectivity index is 1.80. The molecule has 3 rings (SSSR count). The fourth-order valence-corrected chi connectivity index (χ4v) is 4.90. The number of benzene rings is 2. The summed E-state index contributed by atoms with van der Waals surface area (Å²) in [5.41, 5.74) is 1.17. The van der Waals surface area contributed by atoms with Crippen LogP contribution in [0.2, 0.25) is 15.1 Å². The van der Waals surface area contributed by atoms with Crippen LogP contribution in [-0.4, -0.2) is 38.4 Å². The molecule has 1 heterocycles. The van der Waals surface area contributed by atoms with Crippen molar-refractivity contribution in [2.24, 2.45) is 0 Å². The van der Waals surface area contributed by atoms with Crippen molar-refractivity contribution in [3.8, 4) is 0 Å². The zero-order valence-electron chi connectivity index (χ0n) is 15.6. The molecule has 1 unspecified atom stereocenters. The molecule has 1 aliphatic heterocycles. The number of carbonyl (C=O) groups excluding carboxylic acids is 1. The Hall–Kier alpha value is -1.51. The Morgan fingerprint density at radius 1 is 1.14 bits per heavy atom. The predicted octanol–water partition coefficient (Wildman–Crippen LogP) is 4.16. The highest BCUT2D eigenvalue weighted by Crippen LogP contribution is 2.29. The molecule has 6 nitrogen and oxygen atoms in total. The minimum absolute atomic E-state index is 0.00437. The minimum atomic E-state index is -3.88. The second-order valence-corrected chi connectivity index (χ2v) is 9.84. The van der Waals surface area contributed by atoms with Crippen LogP contribution in [0.15, 0.2) is 41.3 Å². The molecule has 10 heteroatoms. The van der Waals surface area contributed by atoms with E-state index in [-0.39, 0.29) is 26.9 Å². The monoisotopic (exact) mass is 475 g/mol. The van der Waals surface area contributed by atoms with Gasteiger partial charge in [0.05, 0.1) is 20.6 Å². The van der Waals surface area contributed by atoms with E-state index in [1.165, 1.54) is 25.1 Å². The molecule has 29 heavy (non-hydrogen) atoms. The van der Waals surface area contributed by atoms with Gasteiger partial charge >= 0.3 is 0 Å². The summed E-state index contributed by atoms with van der Waals surface area (Å²) >= 11 is 17.9. The molecule has 2 aromatic rings. The van der Waals surface area contributed by atoms with Crippen LogP contribution in [0, 0.1) is 0 Å². The molecular weight excluding hydrogens is 457 g/mol. The van der Waals surface area contributed by atoms with Gasteiger partial charge in [0, 0.05) is 37.6 Å². The van der Waals surface area contributed by atoms with Crippen molar-refractivity contribution >= 4 is 56.4 Å². The number of carbonyl (C=O) groups is 1. The van der Waals surface area contributed by atoms with Gasteiger partial charge in [-0.25, -0.2) is 8.42 Å². The quantitative estimate of drug-likeness (QED) is 0.656. The lowest BCUT2D eigenvalue weighted by Gasteiger charge is -2.19. The van der Waals surface area contributed by atoms with Gasteiger partial charge in [-0.3, -0.25) is 14.4 Å². The Bertz CT molecular complexity index is 1030. The largest absolute Gasteiger partial charge is 0.352 e. The van der Waals surface area contributed by atoms with Crippen molar-refractivity contribution in [2.45, 2.75) is 30.8 Å². The Kier molecular flexibility index (Phi) is 6.96. The van der Waals surface area contributed by atoms with E-state index < -0.39 is 10.0 Å². The standard InChI is InChI=1S/C19H20Cl3N3O3S/c1-12(26)23-15-6-7-25(11-15)10-13-2-3-14(20)8-19(13)24-29(27,28)16-4-5-17(21)18(22)9-16/h2-5,8-9,15,24H,6-7,10-11H2,1H3,(H,23,26). The predicted molar refractivity (Wildman–Crippen MR) is 116 cm³/mol. The Morgan fingerprint density at radius 2 is 1.90 bits per heavy atom. The van der Waals surface area contributed by atoms with Gasteiger partial charge in [0.1, 0.15) is 0 Å². The number of sulfonamides is 1. The van der Waals surface area contributed by atoms with Gasteiger partial charge in [0.2, 0.25) is 5.91 Å². The molecule has 0 radical (unpaired) electrons. The van der Waals surface area contributed by atoms with Crippen molar-refractivity contribution < 1.29 is 13.2 Å². The van der Waals surface area contributed by atoms with Crippen LogP contribution in [0.1, 0.15) is 18.9 Å². The van der Waals surface area contributed by atoms with E-state index in [1.807, 2.05) is 0 Å². The first-order chi connectivity index (χ1) is 13.6. The highest BCUT2D eigenvalue weighted by Gasteiger charge is 2.24. The molecule has 2 aromatic carbocycles.